The fourth-order valence-corrected chi connectivity index (χ4v) is 5.53. The molecule has 3 aromatic heterocycles. The van der Waals surface area contributed by atoms with Crippen molar-refractivity contribution >= 4 is 11.8 Å². The minimum atomic E-state index is -0.0995. The van der Waals surface area contributed by atoms with Gasteiger partial charge in [0.25, 0.3) is 0 Å². The summed E-state index contributed by atoms with van der Waals surface area (Å²) in [4.78, 5) is 14.2. The molecule has 7 heteroatoms. The van der Waals surface area contributed by atoms with Crippen LogP contribution in [-0.4, -0.2) is 31.3 Å². The van der Waals surface area contributed by atoms with E-state index in [4.69, 9.17) is 15.7 Å². The number of hydrogen-bond acceptors (Lipinski definition) is 6. The molecule has 4 heterocycles. The SMILES string of the molecule is Cn1cc(-c2cnc3c(c2)C(c2cc(C4(c5ccccc5)CCCC4)nc(N)n2)CN3)cn1. The first-order chi connectivity index (χ1) is 16.1. The van der Waals surface area contributed by atoms with Gasteiger partial charge in [-0.15, -0.1) is 0 Å². The highest BCUT2D eigenvalue weighted by Gasteiger charge is 2.40. The van der Waals surface area contributed by atoms with Crippen molar-refractivity contribution in [2.75, 3.05) is 17.6 Å². The quantitative estimate of drug-likeness (QED) is 0.495. The van der Waals surface area contributed by atoms with Crippen LogP contribution in [0.5, 0.6) is 0 Å². The van der Waals surface area contributed by atoms with Crippen LogP contribution in [-0.2, 0) is 12.5 Å². The number of nitrogens with zero attached hydrogens (tertiary/aromatic N) is 5. The maximum Gasteiger partial charge on any atom is 0.220 e. The van der Waals surface area contributed by atoms with Crippen molar-refractivity contribution < 1.29 is 0 Å². The monoisotopic (exact) mass is 437 g/mol. The van der Waals surface area contributed by atoms with Gasteiger partial charge in [-0.2, -0.15) is 5.10 Å². The summed E-state index contributed by atoms with van der Waals surface area (Å²) in [5, 5.41) is 7.75. The van der Waals surface area contributed by atoms with Crippen LogP contribution < -0.4 is 11.1 Å². The van der Waals surface area contributed by atoms with E-state index in [9.17, 15) is 0 Å². The topological polar surface area (TPSA) is 94.5 Å². The van der Waals surface area contributed by atoms with Crippen molar-refractivity contribution in [2.45, 2.75) is 37.0 Å². The number of benzene rings is 1. The summed E-state index contributed by atoms with van der Waals surface area (Å²) >= 11 is 0. The van der Waals surface area contributed by atoms with Crippen LogP contribution in [0.15, 0.2) is 61.1 Å². The Morgan fingerprint density at radius 3 is 2.61 bits per heavy atom. The number of aromatic nitrogens is 5. The molecule has 0 bridgehead atoms. The van der Waals surface area contributed by atoms with Gasteiger partial charge in [0.15, 0.2) is 0 Å². The van der Waals surface area contributed by atoms with E-state index in [-0.39, 0.29) is 11.3 Å². The number of pyridine rings is 1. The van der Waals surface area contributed by atoms with Crippen LogP contribution in [0.25, 0.3) is 11.1 Å². The van der Waals surface area contributed by atoms with Crippen LogP contribution >= 0.6 is 0 Å². The second-order valence-corrected chi connectivity index (χ2v) is 9.19. The van der Waals surface area contributed by atoms with Crippen molar-refractivity contribution in [2.24, 2.45) is 7.05 Å². The fourth-order valence-electron chi connectivity index (χ4n) is 5.53. The summed E-state index contributed by atoms with van der Waals surface area (Å²) in [7, 11) is 1.92. The van der Waals surface area contributed by atoms with Gasteiger partial charge in [-0.05, 0) is 30.5 Å². The molecule has 4 aromatic rings. The molecular weight excluding hydrogens is 410 g/mol. The third-order valence-electron chi connectivity index (χ3n) is 7.20. The van der Waals surface area contributed by atoms with Gasteiger partial charge in [-0.3, -0.25) is 4.68 Å². The summed E-state index contributed by atoms with van der Waals surface area (Å²) < 4.78 is 1.81. The van der Waals surface area contributed by atoms with E-state index < -0.39 is 0 Å². The Morgan fingerprint density at radius 1 is 1.03 bits per heavy atom. The average molecular weight is 438 g/mol. The van der Waals surface area contributed by atoms with E-state index in [0.717, 1.165) is 53.3 Å². The highest BCUT2D eigenvalue weighted by molar-refractivity contribution is 5.67. The first-order valence-electron chi connectivity index (χ1n) is 11.6. The number of rotatable bonds is 4. The first kappa shape index (κ1) is 19.9. The third-order valence-corrected chi connectivity index (χ3v) is 7.20. The number of anilines is 2. The Kier molecular flexibility index (Phi) is 4.64. The number of nitrogens with two attached hydrogens (primary N) is 1. The normalized spacial score (nSPS) is 18.8. The molecule has 6 rings (SSSR count). The lowest BCUT2D eigenvalue weighted by Crippen LogP contribution is -2.26. The molecule has 1 aliphatic carbocycles. The Morgan fingerprint density at radius 2 is 1.85 bits per heavy atom. The standard InChI is InChI=1S/C26H27N7/c1-33-16-18(14-30-33)17-11-20-21(15-29-24(20)28-13-17)22-12-23(32-25(27)31-22)26(9-5-6-10-26)19-7-3-2-4-8-19/h2-4,7-8,11-14,16,21H,5-6,9-10,15H2,1H3,(H,28,29)(H2,27,31,32). The highest BCUT2D eigenvalue weighted by Crippen LogP contribution is 2.47. The second kappa shape index (κ2) is 7.69. The molecule has 0 amide bonds. The van der Waals surface area contributed by atoms with Gasteiger partial charge < -0.3 is 11.1 Å². The van der Waals surface area contributed by atoms with E-state index in [1.165, 1.54) is 18.4 Å². The fraction of sp³-hybridized carbons (Fsp3) is 0.308. The smallest absolute Gasteiger partial charge is 0.220 e. The summed E-state index contributed by atoms with van der Waals surface area (Å²) in [6, 6.07) is 15.1. The highest BCUT2D eigenvalue weighted by atomic mass is 15.2. The molecule has 3 N–H and O–H groups in total. The molecule has 7 nitrogen and oxygen atoms in total. The zero-order valence-corrected chi connectivity index (χ0v) is 18.7. The molecule has 1 unspecified atom stereocenters. The van der Waals surface area contributed by atoms with E-state index in [1.807, 2.05) is 25.6 Å². The average Bonchev–Trinajstić information content (AvgIpc) is 3.59. The van der Waals surface area contributed by atoms with Gasteiger partial charge in [0, 0.05) is 54.0 Å². The molecule has 0 radical (unpaired) electrons. The maximum atomic E-state index is 6.31. The lowest BCUT2D eigenvalue weighted by Gasteiger charge is -2.30. The molecule has 166 valence electrons. The number of aryl methyl sites for hydroxylation is 1. The number of nitrogen functional groups attached to an aromatic ring is 1. The minimum Gasteiger partial charge on any atom is -0.369 e. The Hall–Kier alpha value is -3.74. The van der Waals surface area contributed by atoms with Crippen molar-refractivity contribution in [3.05, 3.63) is 83.6 Å². The third kappa shape index (κ3) is 3.35. The lowest BCUT2D eigenvalue weighted by molar-refractivity contribution is 0.516. The molecule has 2 aliphatic rings. The number of hydrogen-bond donors (Lipinski definition) is 2. The van der Waals surface area contributed by atoms with Crippen LogP contribution in [0.2, 0.25) is 0 Å². The van der Waals surface area contributed by atoms with Crippen LogP contribution in [0, 0.1) is 0 Å². The van der Waals surface area contributed by atoms with Crippen LogP contribution in [0.3, 0.4) is 0 Å². The number of fused-ring (bicyclic) bond motifs is 1. The molecule has 1 aliphatic heterocycles. The number of nitrogens with one attached hydrogen (secondary N) is 1. The van der Waals surface area contributed by atoms with Gasteiger partial charge in [0.1, 0.15) is 5.82 Å². The van der Waals surface area contributed by atoms with Crippen molar-refractivity contribution in [1.82, 2.24) is 24.7 Å². The van der Waals surface area contributed by atoms with E-state index >= 15 is 0 Å². The molecule has 0 spiro atoms. The van der Waals surface area contributed by atoms with Gasteiger partial charge >= 0.3 is 0 Å². The Balaban J connectivity index is 1.43. The van der Waals surface area contributed by atoms with Crippen LogP contribution in [0.4, 0.5) is 11.8 Å². The summed E-state index contributed by atoms with van der Waals surface area (Å²) in [5.74, 6) is 1.32. The molecule has 1 fully saturated rings. The molecule has 33 heavy (non-hydrogen) atoms. The minimum absolute atomic E-state index is 0.0717. The van der Waals surface area contributed by atoms with Crippen LogP contribution in [0.1, 0.15) is 54.1 Å². The zero-order valence-electron chi connectivity index (χ0n) is 18.7. The van der Waals surface area contributed by atoms with Crippen molar-refractivity contribution in [3.63, 3.8) is 0 Å². The predicted octanol–water partition coefficient (Wildman–Crippen LogP) is 4.27. The van der Waals surface area contributed by atoms with Gasteiger partial charge in [0.05, 0.1) is 17.6 Å². The largest absolute Gasteiger partial charge is 0.369 e. The maximum absolute atomic E-state index is 6.31. The lowest BCUT2D eigenvalue weighted by atomic mass is 9.75. The molecule has 1 atom stereocenters. The Labute approximate surface area is 193 Å². The summed E-state index contributed by atoms with van der Waals surface area (Å²) in [6.07, 6.45) is 10.3. The first-order valence-corrected chi connectivity index (χ1v) is 11.6. The van der Waals surface area contributed by atoms with E-state index in [2.05, 4.69) is 57.9 Å². The van der Waals surface area contributed by atoms with E-state index in [0.29, 0.717) is 5.95 Å². The van der Waals surface area contributed by atoms with E-state index in [1.54, 1.807) is 4.68 Å². The van der Waals surface area contributed by atoms with Gasteiger partial charge in [-0.25, -0.2) is 15.0 Å². The molecular formula is C26H27N7. The van der Waals surface area contributed by atoms with Gasteiger partial charge in [-0.1, -0.05) is 43.2 Å². The molecule has 1 aromatic carbocycles. The zero-order chi connectivity index (χ0) is 22.4. The second-order valence-electron chi connectivity index (χ2n) is 9.19. The predicted molar refractivity (Wildman–Crippen MR) is 129 cm³/mol. The van der Waals surface area contributed by atoms with Gasteiger partial charge in [0.2, 0.25) is 5.95 Å². The summed E-state index contributed by atoms with van der Waals surface area (Å²) in [6.45, 7) is 0.743. The van der Waals surface area contributed by atoms with Crippen molar-refractivity contribution in [3.8, 4) is 11.1 Å². The van der Waals surface area contributed by atoms with Crippen molar-refractivity contribution in [1.29, 1.82) is 0 Å². The summed E-state index contributed by atoms with van der Waals surface area (Å²) in [5.41, 5.74) is 12.8. The Bertz CT molecular complexity index is 1310. The molecule has 1 saturated carbocycles. The molecule has 0 saturated heterocycles.